The Labute approximate surface area is 100 Å². The molecule has 1 aromatic heterocycles. The highest BCUT2D eigenvalue weighted by Gasteiger charge is 2.35. The van der Waals surface area contributed by atoms with E-state index in [1.165, 1.54) is 6.26 Å². The van der Waals surface area contributed by atoms with Crippen molar-refractivity contribution in [3.63, 3.8) is 0 Å². The van der Waals surface area contributed by atoms with E-state index in [-0.39, 0.29) is 5.91 Å². The van der Waals surface area contributed by atoms with E-state index < -0.39 is 5.54 Å². The summed E-state index contributed by atoms with van der Waals surface area (Å²) in [6.45, 7) is 7.43. The normalized spacial score (nSPS) is 18.0. The first-order chi connectivity index (χ1) is 8.10. The number of nitrogens with one attached hydrogen (secondary N) is 2. The van der Waals surface area contributed by atoms with Gasteiger partial charge in [-0.1, -0.05) is 5.16 Å². The van der Waals surface area contributed by atoms with Gasteiger partial charge in [-0.2, -0.15) is 0 Å². The van der Waals surface area contributed by atoms with Gasteiger partial charge in [0, 0.05) is 32.2 Å². The lowest BCUT2D eigenvalue weighted by Crippen LogP contribution is -2.58. The van der Waals surface area contributed by atoms with Crippen LogP contribution in [0.5, 0.6) is 0 Å². The van der Waals surface area contributed by atoms with Crippen LogP contribution in [0.2, 0.25) is 0 Å². The zero-order valence-corrected chi connectivity index (χ0v) is 10.2. The Morgan fingerprint density at radius 2 is 2.24 bits per heavy atom. The molecule has 0 bridgehead atoms. The second-order valence-electron chi connectivity index (χ2n) is 4.63. The molecule has 1 aliphatic rings. The number of carbonyl (C=O) groups excluding carboxylic acids is 1. The molecule has 1 saturated heterocycles. The first-order valence-electron chi connectivity index (χ1n) is 5.78. The first-order valence-corrected chi connectivity index (χ1v) is 5.78. The maximum Gasteiger partial charge on any atom is 0.245 e. The summed E-state index contributed by atoms with van der Waals surface area (Å²) in [6, 6.07) is 1.63. The number of piperazine rings is 1. The van der Waals surface area contributed by atoms with Crippen molar-refractivity contribution < 1.29 is 9.32 Å². The fraction of sp³-hybridized carbons (Fsp3) is 0.636. The van der Waals surface area contributed by atoms with Crippen LogP contribution >= 0.6 is 0 Å². The van der Waals surface area contributed by atoms with E-state index in [0.29, 0.717) is 5.82 Å². The number of hydrogen-bond acceptors (Lipinski definition) is 5. The van der Waals surface area contributed by atoms with Crippen LogP contribution in [-0.2, 0) is 4.79 Å². The van der Waals surface area contributed by atoms with Crippen molar-refractivity contribution in [1.82, 2.24) is 15.4 Å². The van der Waals surface area contributed by atoms with Crippen molar-refractivity contribution in [2.75, 3.05) is 31.5 Å². The van der Waals surface area contributed by atoms with Gasteiger partial charge in [0.05, 0.1) is 5.54 Å². The standard InChI is InChI=1S/C11H18N4O2/c1-11(2,15-6-4-12-5-7-15)10(16)13-9-3-8-17-14-9/h3,8,12H,4-7H2,1-2H3,(H,13,14,16). The number of anilines is 1. The fourth-order valence-corrected chi connectivity index (χ4v) is 1.91. The van der Waals surface area contributed by atoms with Crippen LogP contribution in [0, 0.1) is 0 Å². The molecule has 0 spiro atoms. The van der Waals surface area contributed by atoms with Gasteiger partial charge in [-0.15, -0.1) is 0 Å². The van der Waals surface area contributed by atoms with Gasteiger partial charge < -0.3 is 15.2 Å². The number of nitrogens with zero attached hydrogens (tertiary/aromatic N) is 2. The SMILES string of the molecule is CC(C)(C(=O)Nc1ccon1)N1CCNCC1. The molecule has 0 aromatic carbocycles. The maximum atomic E-state index is 12.2. The molecule has 0 radical (unpaired) electrons. The molecule has 1 aliphatic heterocycles. The third-order valence-electron chi connectivity index (χ3n) is 3.14. The summed E-state index contributed by atoms with van der Waals surface area (Å²) >= 11 is 0. The van der Waals surface area contributed by atoms with Crippen LogP contribution in [0.4, 0.5) is 5.82 Å². The van der Waals surface area contributed by atoms with E-state index in [9.17, 15) is 4.79 Å². The number of amides is 1. The van der Waals surface area contributed by atoms with Crippen LogP contribution in [0.1, 0.15) is 13.8 Å². The molecule has 2 N–H and O–H groups in total. The van der Waals surface area contributed by atoms with Crippen molar-refractivity contribution >= 4 is 11.7 Å². The average Bonchev–Trinajstić information content (AvgIpc) is 2.83. The smallest absolute Gasteiger partial charge is 0.245 e. The molecule has 6 nitrogen and oxygen atoms in total. The van der Waals surface area contributed by atoms with Crippen LogP contribution in [0.3, 0.4) is 0 Å². The summed E-state index contributed by atoms with van der Waals surface area (Å²) in [5.74, 6) is 0.395. The van der Waals surface area contributed by atoms with Gasteiger partial charge >= 0.3 is 0 Å². The van der Waals surface area contributed by atoms with Gasteiger partial charge in [-0.25, -0.2) is 0 Å². The molecule has 1 fully saturated rings. The molecule has 1 aromatic rings. The molecular formula is C11H18N4O2. The zero-order chi connectivity index (χ0) is 12.3. The minimum absolute atomic E-state index is 0.0618. The Bertz CT molecular complexity index is 369. The van der Waals surface area contributed by atoms with Crippen molar-refractivity contribution in [3.05, 3.63) is 12.3 Å². The Morgan fingerprint density at radius 3 is 2.82 bits per heavy atom. The largest absolute Gasteiger partial charge is 0.363 e. The van der Waals surface area contributed by atoms with Crippen molar-refractivity contribution in [2.45, 2.75) is 19.4 Å². The third-order valence-corrected chi connectivity index (χ3v) is 3.14. The van der Waals surface area contributed by atoms with Gasteiger partial charge in [0.25, 0.3) is 0 Å². The van der Waals surface area contributed by atoms with E-state index in [1.54, 1.807) is 6.07 Å². The molecule has 1 amide bonds. The second-order valence-corrected chi connectivity index (χ2v) is 4.63. The molecule has 0 aliphatic carbocycles. The molecule has 2 heterocycles. The molecule has 2 rings (SSSR count). The van der Waals surface area contributed by atoms with Gasteiger partial charge in [-0.05, 0) is 13.8 Å². The highest BCUT2D eigenvalue weighted by molar-refractivity contribution is 5.96. The number of rotatable bonds is 3. The van der Waals surface area contributed by atoms with E-state index in [2.05, 4.69) is 25.2 Å². The summed E-state index contributed by atoms with van der Waals surface area (Å²) in [5, 5.41) is 9.70. The molecule has 0 atom stereocenters. The van der Waals surface area contributed by atoms with Gasteiger partial charge in [0.1, 0.15) is 6.26 Å². The number of aromatic nitrogens is 1. The predicted molar refractivity (Wildman–Crippen MR) is 63.7 cm³/mol. The lowest BCUT2D eigenvalue weighted by atomic mass is 10.0. The fourth-order valence-electron chi connectivity index (χ4n) is 1.91. The Morgan fingerprint density at radius 1 is 1.53 bits per heavy atom. The van der Waals surface area contributed by atoms with Gasteiger partial charge in [-0.3, -0.25) is 9.69 Å². The molecule has 6 heteroatoms. The molecule has 0 unspecified atom stereocenters. The minimum Gasteiger partial charge on any atom is -0.363 e. The maximum absolute atomic E-state index is 12.2. The third kappa shape index (κ3) is 2.65. The van der Waals surface area contributed by atoms with E-state index in [0.717, 1.165) is 26.2 Å². The highest BCUT2D eigenvalue weighted by Crippen LogP contribution is 2.17. The summed E-state index contributed by atoms with van der Waals surface area (Å²) in [4.78, 5) is 14.3. The summed E-state index contributed by atoms with van der Waals surface area (Å²) in [5.41, 5.74) is -0.541. The topological polar surface area (TPSA) is 70.4 Å². The Balaban J connectivity index is 2.00. The van der Waals surface area contributed by atoms with E-state index in [1.807, 2.05) is 13.8 Å². The van der Waals surface area contributed by atoms with Crippen molar-refractivity contribution in [1.29, 1.82) is 0 Å². The summed E-state index contributed by atoms with van der Waals surface area (Å²) in [6.07, 6.45) is 1.44. The van der Waals surface area contributed by atoms with Gasteiger partial charge in [0.15, 0.2) is 5.82 Å². The molecular weight excluding hydrogens is 220 g/mol. The number of carbonyl (C=O) groups is 1. The Hall–Kier alpha value is -1.40. The average molecular weight is 238 g/mol. The van der Waals surface area contributed by atoms with Crippen LogP contribution in [-0.4, -0.2) is 47.7 Å². The number of hydrogen-bond donors (Lipinski definition) is 2. The predicted octanol–water partition coefficient (Wildman–Crippen LogP) is 0.297. The molecule has 0 saturated carbocycles. The lowest BCUT2D eigenvalue weighted by molar-refractivity contribution is -0.126. The van der Waals surface area contributed by atoms with Crippen molar-refractivity contribution in [2.24, 2.45) is 0 Å². The highest BCUT2D eigenvalue weighted by atomic mass is 16.5. The monoisotopic (exact) mass is 238 g/mol. The Kier molecular flexibility index (Phi) is 3.44. The molecule has 94 valence electrons. The quantitative estimate of drug-likeness (QED) is 0.792. The molecule has 17 heavy (non-hydrogen) atoms. The summed E-state index contributed by atoms with van der Waals surface area (Å²) in [7, 11) is 0. The van der Waals surface area contributed by atoms with E-state index in [4.69, 9.17) is 0 Å². The van der Waals surface area contributed by atoms with Crippen molar-refractivity contribution in [3.8, 4) is 0 Å². The van der Waals surface area contributed by atoms with Gasteiger partial charge in [0.2, 0.25) is 5.91 Å². The summed E-state index contributed by atoms with van der Waals surface area (Å²) < 4.78 is 4.69. The zero-order valence-electron chi connectivity index (χ0n) is 10.2. The van der Waals surface area contributed by atoms with Crippen LogP contribution in [0.25, 0.3) is 0 Å². The lowest BCUT2D eigenvalue weighted by Gasteiger charge is -2.39. The van der Waals surface area contributed by atoms with Crippen LogP contribution < -0.4 is 10.6 Å². The second kappa shape index (κ2) is 4.85. The van der Waals surface area contributed by atoms with Crippen LogP contribution in [0.15, 0.2) is 16.9 Å². The van der Waals surface area contributed by atoms with E-state index >= 15 is 0 Å². The first kappa shape index (κ1) is 12.1. The minimum atomic E-state index is -0.541.